The Kier molecular flexibility index (Phi) is 5.71. The van der Waals surface area contributed by atoms with Crippen molar-refractivity contribution in [1.29, 1.82) is 0 Å². The van der Waals surface area contributed by atoms with Crippen LogP contribution in [0.1, 0.15) is 11.1 Å². The number of benzene rings is 2. The highest BCUT2D eigenvalue weighted by atomic mass is 32.2. The molecule has 0 aliphatic heterocycles. The van der Waals surface area contributed by atoms with Crippen LogP contribution in [0.25, 0.3) is 0 Å². The predicted molar refractivity (Wildman–Crippen MR) is 89.1 cm³/mol. The highest BCUT2D eigenvalue weighted by molar-refractivity contribution is 7.89. The van der Waals surface area contributed by atoms with Gasteiger partial charge in [-0.1, -0.05) is 48.0 Å². The van der Waals surface area contributed by atoms with Crippen LogP contribution in [0.15, 0.2) is 59.5 Å². The van der Waals surface area contributed by atoms with Crippen LogP contribution in [0.2, 0.25) is 0 Å². The zero-order valence-corrected chi connectivity index (χ0v) is 13.9. The number of carboxylic acids is 1. The number of aliphatic hydroxyl groups is 1. The lowest BCUT2D eigenvalue weighted by Gasteiger charge is -2.21. The Hall–Kier alpha value is -2.22. The highest BCUT2D eigenvalue weighted by Gasteiger charge is 2.30. The maximum absolute atomic E-state index is 12.5. The Morgan fingerprint density at radius 2 is 1.67 bits per heavy atom. The zero-order valence-electron chi connectivity index (χ0n) is 13.1. The molecule has 0 amide bonds. The van der Waals surface area contributed by atoms with E-state index in [9.17, 15) is 18.3 Å². The number of aliphatic hydroxyl groups excluding tert-OH is 1. The Morgan fingerprint density at radius 1 is 1.08 bits per heavy atom. The molecular weight excluding hydrogens is 330 g/mol. The molecule has 0 spiro atoms. The fourth-order valence-corrected chi connectivity index (χ4v) is 3.48. The van der Waals surface area contributed by atoms with E-state index in [4.69, 9.17) is 5.11 Å². The number of hydrogen-bond acceptors (Lipinski definition) is 4. The molecule has 2 aromatic rings. The molecule has 2 rings (SSSR count). The van der Waals surface area contributed by atoms with E-state index in [2.05, 4.69) is 4.72 Å². The van der Waals surface area contributed by atoms with Crippen molar-refractivity contribution in [2.24, 2.45) is 0 Å². The molecule has 0 bridgehead atoms. The molecule has 0 saturated heterocycles. The lowest BCUT2D eigenvalue weighted by molar-refractivity contribution is -0.147. The summed E-state index contributed by atoms with van der Waals surface area (Å²) in [5.74, 6) is -1.48. The third kappa shape index (κ3) is 4.64. The average molecular weight is 349 g/mol. The first-order chi connectivity index (χ1) is 11.3. The first kappa shape index (κ1) is 18.1. The van der Waals surface area contributed by atoms with Crippen LogP contribution in [0.3, 0.4) is 0 Å². The van der Waals surface area contributed by atoms with Crippen LogP contribution in [0.5, 0.6) is 0 Å². The molecule has 2 atom stereocenters. The van der Waals surface area contributed by atoms with Crippen molar-refractivity contribution in [3.63, 3.8) is 0 Å². The van der Waals surface area contributed by atoms with Gasteiger partial charge >= 0.3 is 5.97 Å². The fourth-order valence-electron chi connectivity index (χ4n) is 2.24. The minimum Gasteiger partial charge on any atom is -0.479 e. The molecular formula is C17H19NO5S. The molecule has 24 heavy (non-hydrogen) atoms. The van der Waals surface area contributed by atoms with Gasteiger partial charge in [0.25, 0.3) is 0 Å². The molecule has 2 aromatic carbocycles. The van der Waals surface area contributed by atoms with Gasteiger partial charge in [-0.3, -0.25) is 0 Å². The molecule has 2 unspecified atom stereocenters. The topological polar surface area (TPSA) is 104 Å². The van der Waals surface area contributed by atoms with Gasteiger partial charge in [0, 0.05) is 0 Å². The van der Waals surface area contributed by atoms with Crippen LogP contribution in [0.4, 0.5) is 0 Å². The number of hydrogen-bond donors (Lipinski definition) is 3. The molecule has 6 nitrogen and oxygen atoms in total. The van der Waals surface area contributed by atoms with Crippen molar-refractivity contribution in [2.75, 3.05) is 0 Å². The van der Waals surface area contributed by atoms with Gasteiger partial charge in [0.1, 0.15) is 0 Å². The van der Waals surface area contributed by atoms with E-state index in [1.54, 1.807) is 42.5 Å². The molecule has 128 valence electrons. The van der Waals surface area contributed by atoms with Crippen LogP contribution < -0.4 is 4.72 Å². The Morgan fingerprint density at radius 3 is 2.21 bits per heavy atom. The highest BCUT2D eigenvalue weighted by Crippen LogP contribution is 2.14. The van der Waals surface area contributed by atoms with Crippen LogP contribution >= 0.6 is 0 Å². The van der Waals surface area contributed by atoms with Gasteiger partial charge in [-0.25, -0.2) is 17.9 Å². The fraction of sp³-hybridized carbons (Fsp3) is 0.235. The van der Waals surface area contributed by atoms with Gasteiger partial charge in [0.2, 0.25) is 10.0 Å². The van der Waals surface area contributed by atoms with Crippen molar-refractivity contribution >= 4 is 16.0 Å². The van der Waals surface area contributed by atoms with Crippen LogP contribution in [-0.2, 0) is 21.2 Å². The van der Waals surface area contributed by atoms with E-state index in [1.807, 2.05) is 6.92 Å². The first-order valence-corrected chi connectivity index (χ1v) is 8.82. The number of rotatable bonds is 7. The van der Waals surface area contributed by atoms with E-state index >= 15 is 0 Å². The van der Waals surface area contributed by atoms with Gasteiger partial charge < -0.3 is 10.2 Å². The van der Waals surface area contributed by atoms with Crippen LogP contribution in [0, 0.1) is 6.92 Å². The Bertz CT molecular complexity index is 787. The number of nitrogens with one attached hydrogen (secondary N) is 1. The number of sulfonamides is 1. The largest absolute Gasteiger partial charge is 0.479 e. The second kappa shape index (κ2) is 7.57. The maximum atomic E-state index is 12.5. The monoisotopic (exact) mass is 349 g/mol. The molecule has 0 aliphatic rings. The molecule has 0 aromatic heterocycles. The number of aliphatic carboxylic acids is 1. The quantitative estimate of drug-likeness (QED) is 0.700. The lowest BCUT2D eigenvalue weighted by atomic mass is 10.0. The van der Waals surface area contributed by atoms with Gasteiger partial charge in [-0.15, -0.1) is 0 Å². The van der Waals surface area contributed by atoms with Gasteiger partial charge in [-0.2, -0.15) is 0 Å². The minimum atomic E-state index is -3.95. The van der Waals surface area contributed by atoms with Crippen molar-refractivity contribution < 1.29 is 23.4 Å². The maximum Gasteiger partial charge on any atom is 0.334 e. The van der Waals surface area contributed by atoms with Gasteiger partial charge in [-0.05, 0) is 31.0 Å². The second-order valence-electron chi connectivity index (χ2n) is 5.51. The van der Waals surface area contributed by atoms with Crippen molar-refractivity contribution in [3.05, 3.63) is 65.7 Å². The summed E-state index contributed by atoms with van der Waals surface area (Å²) < 4.78 is 27.2. The summed E-state index contributed by atoms with van der Waals surface area (Å²) in [6.07, 6.45) is -1.80. The standard InChI is InChI=1S/C17H19NO5S/c1-12-7-9-14(10-8-12)24(22,23)18-15(16(19)17(20)21)11-13-5-3-2-4-6-13/h2-10,15-16,18-19H,11H2,1H3,(H,20,21). The Labute approximate surface area is 140 Å². The summed E-state index contributed by atoms with van der Waals surface area (Å²) in [6, 6.07) is 13.8. The van der Waals surface area contributed by atoms with Gasteiger partial charge in [0.15, 0.2) is 6.10 Å². The average Bonchev–Trinajstić information content (AvgIpc) is 2.54. The van der Waals surface area contributed by atoms with E-state index in [0.717, 1.165) is 11.1 Å². The van der Waals surface area contributed by atoms with Crippen molar-refractivity contribution in [2.45, 2.75) is 30.4 Å². The number of carboxylic acid groups (broad SMARTS) is 1. The summed E-state index contributed by atoms with van der Waals surface area (Å²) in [5.41, 5.74) is 1.62. The summed E-state index contributed by atoms with van der Waals surface area (Å²) in [7, 11) is -3.95. The van der Waals surface area contributed by atoms with E-state index in [-0.39, 0.29) is 11.3 Å². The van der Waals surface area contributed by atoms with Gasteiger partial charge in [0.05, 0.1) is 10.9 Å². The third-order valence-corrected chi connectivity index (χ3v) is 5.08. The lowest BCUT2D eigenvalue weighted by Crippen LogP contribution is -2.48. The molecule has 0 saturated carbocycles. The van der Waals surface area contributed by atoms with E-state index in [1.165, 1.54) is 12.1 Å². The minimum absolute atomic E-state index is 0.0174. The van der Waals surface area contributed by atoms with Crippen molar-refractivity contribution in [3.8, 4) is 0 Å². The van der Waals surface area contributed by atoms with Crippen molar-refractivity contribution in [1.82, 2.24) is 4.72 Å². The number of aryl methyl sites for hydroxylation is 1. The summed E-state index contributed by atoms with van der Waals surface area (Å²) in [5, 5.41) is 18.9. The summed E-state index contributed by atoms with van der Waals surface area (Å²) >= 11 is 0. The van der Waals surface area contributed by atoms with E-state index < -0.39 is 28.1 Å². The first-order valence-electron chi connectivity index (χ1n) is 7.33. The normalized spacial score (nSPS) is 14.1. The SMILES string of the molecule is Cc1ccc(S(=O)(=O)NC(Cc2ccccc2)C(O)C(=O)O)cc1. The van der Waals surface area contributed by atoms with E-state index in [0.29, 0.717) is 0 Å². The molecule has 0 heterocycles. The zero-order chi connectivity index (χ0) is 17.7. The smallest absolute Gasteiger partial charge is 0.334 e. The molecule has 0 aliphatic carbocycles. The van der Waals surface area contributed by atoms with Crippen LogP contribution in [-0.4, -0.2) is 36.7 Å². The second-order valence-corrected chi connectivity index (χ2v) is 7.23. The Balaban J connectivity index is 2.27. The molecule has 0 radical (unpaired) electrons. The summed E-state index contributed by atoms with van der Waals surface area (Å²) in [6.45, 7) is 1.83. The molecule has 7 heteroatoms. The molecule has 0 fully saturated rings. The predicted octanol–water partition coefficient (Wildman–Crippen LogP) is 1.33. The molecule has 3 N–H and O–H groups in total. The summed E-state index contributed by atoms with van der Waals surface area (Å²) in [4.78, 5) is 11.1. The number of carbonyl (C=O) groups is 1. The third-order valence-electron chi connectivity index (χ3n) is 3.57.